The topological polar surface area (TPSA) is 49.9 Å². The van der Waals surface area contributed by atoms with Crippen LogP contribution in [0.25, 0.3) is 0 Å². The highest BCUT2D eigenvalue weighted by Crippen LogP contribution is 2.45. The Morgan fingerprint density at radius 1 is 1.17 bits per heavy atom. The molecule has 1 atom stereocenters. The minimum atomic E-state index is -0.460. The van der Waals surface area contributed by atoms with Crippen LogP contribution in [0, 0.1) is 11.3 Å². The van der Waals surface area contributed by atoms with Crippen molar-refractivity contribution in [3.63, 3.8) is 0 Å². The Bertz CT molecular complexity index is 459. The lowest BCUT2D eigenvalue weighted by molar-refractivity contribution is -0.135. The fourth-order valence-electron chi connectivity index (χ4n) is 4.02. The first kappa shape index (κ1) is 18.1. The lowest BCUT2D eigenvalue weighted by Gasteiger charge is -2.58. The number of nitrogens with zero attached hydrogens (tertiary/aromatic N) is 2. The molecular weight excluding hydrogens is 292 g/mol. The van der Waals surface area contributed by atoms with Crippen LogP contribution >= 0.6 is 0 Å². The molecular formula is C18H32N2O3. The molecule has 0 N–H and O–H groups in total. The summed E-state index contributed by atoms with van der Waals surface area (Å²) in [5, 5.41) is 0. The van der Waals surface area contributed by atoms with Crippen molar-refractivity contribution in [3.05, 3.63) is 0 Å². The van der Waals surface area contributed by atoms with Crippen molar-refractivity contribution in [3.8, 4) is 0 Å². The number of hydrogen-bond acceptors (Lipinski definition) is 3. The van der Waals surface area contributed by atoms with Gasteiger partial charge in [0.15, 0.2) is 0 Å². The Morgan fingerprint density at radius 2 is 1.74 bits per heavy atom. The predicted molar refractivity (Wildman–Crippen MR) is 90.1 cm³/mol. The molecule has 23 heavy (non-hydrogen) atoms. The third-order valence-corrected chi connectivity index (χ3v) is 4.98. The van der Waals surface area contributed by atoms with Crippen molar-refractivity contribution in [1.29, 1.82) is 0 Å². The van der Waals surface area contributed by atoms with Crippen molar-refractivity contribution in [2.75, 3.05) is 19.6 Å². The summed E-state index contributed by atoms with van der Waals surface area (Å²) in [6.45, 7) is 14.4. The molecule has 5 nitrogen and oxygen atoms in total. The van der Waals surface area contributed by atoms with E-state index in [1.165, 1.54) is 0 Å². The van der Waals surface area contributed by atoms with Gasteiger partial charge in [-0.3, -0.25) is 4.79 Å². The van der Waals surface area contributed by atoms with Gasteiger partial charge in [-0.2, -0.15) is 0 Å². The van der Waals surface area contributed by atoms with E-state index in [9.17, 15) is 9.59 Å². The van der Waals surface area contributed by atoms with Crippen LogP contribution in [-0.4, -0.2) is 53.1 Å². The van der Waals surface area contributed by atoms with Crippen LogP contribution < -0.4 is 0 Å². The molecule has 2 heterocycles. The molecule has 0 radical (unpaired) electrons. The lowest BCUT2D eigenvalue weighted by Crippen LogP contribution is -2.68. The average Bonchev–Trinajstić information content (AvgIpc) is 2.43. The maximum absolute atomic E-state index is 12.4. The molecule has 0 aromatic heterocycles. The van der Waals surface area contributed by atoms with E-state index in [1.54, 1.807) is 0 Å². The van der Waals surface area contributed by atoms with Crippen LogP contribution in [0.2, 0.25) is 0 Å². The SMILES string of the molecule is CCC(=O)N1CCC([C@H]2N(C(=O)OC(C)(C)C)CC2(C)C)CC1. The monoisotopic (exact) mass is 324 g/mol. The third-order valence-electron chi connectivity index (χ3n) is 4.98. The van der Waals surface area contributed by atoms with Crippen molar-refractivity contribution >= 4 is 12.0 Å². The molecule has 0 unspecified atom stereocenters. The number of rotatable bonds is 2. The fourth-order valence-corrected chi connectivity index (χ4v) is 4.02. The summed E-state index contributed by atoms with van der Waals surface area (Å²) in [6, 6.07) is 0.219. The van der Waals surface area contributed by atoms with Gasteiger partial charge in [0, 0.05) is 37.5 Å². The van der Waals surface area contributed by atoms with E-state index in [4.69, 9.17) is 4.74 Å². The van der Waals surface area contributed by atoms with E-state index >= 15 is 0 Å². The molecule has 2 saturated heterocycles. The first-order valence-corrected chi connectivity index (χ1v) is 8.82. The van der Waals surface area contributed by atoms with E-state index in [2.05, 4.69) is 13.8 Å². The zero-order valence-electron chi connectivity index (χ0n) is 15.5. The molecule has 2 amide bonds. The number of carbonyl (C=O) groups excluding carboxylic acids is 2. The maximum atomic E-state index is 12.4. The quantitative estimate of drug-likeness (QED) is 0.783. The smallest absolute Gasteiger partial charge is 0.410 e. The van der Waals surface area contributed by atoms with Crippen molar-refractivity contribution in [2.45, 2.75) is 72.4 Å². The first-order valence-electron chi connectivity index (χ1n) is 8.82. The predicted octanol–water partition coefficient (Wildman–Crippen LogP) is 3.28. The molecule has 132 valence electrons. The van der Waals surface area contributed by atoms with Crippen LogP contribution in [0.3, 0.4) is 0 Å². The Hall–Kier alpha value is -1.26. The molecule has 0 spiro atoms. The molecule has 0 aromatic carbocycles. The summed E-state index contributed by atoms with van der Waals surface area (Å²) in [6.07, 6.45) is 2.32. The average molecular weight is 324 g/mol. The summed E-state index contributed by atoms with van der Waals surface area (Å²) in [5.74, 6) is 0.687. The molecule has 2 aliphatic heterocycles. The van der Waals surface area contributed by atoms with Gasteiger partial charge in [-0.1, -0.05) is 20.8 Å². The molecule has 0 aliphatic carbocycles. The zero-order chi connectivity index (χ0) is 17.4. The second kappa shape index (κ2) is 6.33. The Morgan fingerprint density at radius 3 is 2.17 bits per heavy atom. The minimum Gasteiger partial charge on any atom is -0.444 e. The number of carbonyl (C=O) groups is 2. The van der Waals surface area contributed by atoms with Gasteiger partial charge in [-0.25, -0.2) is 4.79 Å². The van der Waals surface area contributed by atoms with Crippen molar-refractivity contribution in [1.82, 2.24) is 9.80 Å². The van der Waals surface area contributed by atoms with Gasteiger partial charge in [0.2, 0.25) is 5.91 Å². The Kier molecular flexibility index (Phi) is 4.97. The molecule has 2 rings (SSSR count). The van der Waals surface area contributed by atoms with E-state index in [1.807, 2.05) is 37.5 Å². The van der Waals surface area contributed by atoms with Gasteiger partial charge in [-0.05, 0) is 39.5 Å². The van der Waals surface area contributed by atoms with Gasteiger partial charge in [-0.15, -0.1) is 0 Å². The zero-order valence-corrected chi connectivity index (χ0v) is 15.5. The van der Waals surface area contributed by atoms with Crippen molar-refractivity contribution in [2.24, 2.45) is 11.3 Å². The van der Waals surface area contributed by atoms with Gasteiger partial charge in [0.05, 0.1) is 0 Å². The van der Waals surface area contributed by atoms with E-state index in [-0.39, 0.29) is 23.5 Å². The van der Waals surface area contributed by atoms with Crippen LogP contribution in [0.15, 0.2) is 0 Å². The summed E-state index contributed by atoms with van der Waals surface area (Å²) in [5.41, 5.74) is -0.337. The summed E-state index contributed by atoms with van der Waals surface area (Å²) in [4.78, 5) is 28.1. The highest BCUT2D eigenvalue weighted by Gasteiger charge is 2.53. The number of ether oxygens (including phenoxy) is 1. The van der Waals surface area contributed by atoms with Crippen LogP contribution in [0.1, 0.15) is 60.8 Å². The fraction of sp³-hybridized carbons (Fsp3) is 0.889. The van der Waals surface area contributed by atoms with E-state index in [0.29, 0.717) is 12.3 Å². The molecule has 2 aliphatic rings. The lowest BCUT2D eigenvalue weighted by atomic mass is 9.67. The number of likely N-dealkylation sites (tertiary alicyclic amines) is 2. The number of amides is 2. The molecule has 0 aromatic rings. The highest BCUT2D eigenvalue weighted by atomic mass is 16.6. The molecule has 0 bridgehead atoms. The minimum absolute atomic E-state index is 0.124. The Labute approximate surface area is 140 Å². The molecule has 2 fully saturated rings. The third kappa shape index (κ3) is 3.99. The second-order valence-corrected chi connectivity index (χ2v) is 8.61. The van der Waals surface area contributed by atoms with E-state index in [0.717, 1.165) is 32.5 Å². The first-order chi connectivity index (χ1) is 10.5. The summed E-state index contributed by atoms with van der Waals surface area (Å²) in [7, 11) is 0. The molecule has 0 saturated carbocycles. The standard InChI is InChI=1S/C18H32N2O3/c1-7-14(21)19-10-8-13(9-11-19)15-18(5,6)12-20(15)16(22)23-17(2,3)4/h13,15H,7-12H2,1-6H3/t15-/m1/s1. The number of hydrogen-bond donors (Lipinski definition) is 0. The van der Waals surface area contributed by atoms with Gasteiger partial charge >= 0.3 is 6.09 Å². The van der Waals surface area contributed by atoms with Gasteiger partial charge in [0.25, 0.3) is 0 Å². The van der Waals surface area contributed by atoms with Crippen molar-refractivity contribution < 1.29 is 14.3 Å². The van der Waals surface area contributed by atoms with Crippen LogP contribution in [0.4, 0.5) is 4.79 Å². The normalized spacial score (nSPS) is 25.0. The number of piperidine rings is 1. The Balaban J connectivity index is 1.99. The second-order valence-electron chi connectivity index (χ2n) is 8.61. The van der Waals surface area contributed by atoms with Gasteiger partial charge in [0.1, 0.15) is 5.60 Å². The molecule has 5 heteroatoms. The van der Waals surface area contributed by atoms with E-state index < -0.39 is 5.60 Å². The summed E-state index contributed by atoms with van der Waals surface area (Å²) >= 11 is 0. The van der Waals surface area contributed by atoms with Gasteiger partial charge < -0.3 is 14.5 Å². The summed E-state index contributed by atoms with van der Waals surface area (Å²) < 4.78 is 5.56. The highest BCUT2D eigenvalue weighted by molar-refractivity contribution is 5.75. The van der Waals surface area contributed by atoms with Crippen LogP contribution in [0.5, 0.6) is 0 Å². The largest absolute Gasteiger partial charge is 0.444 e. The maximum Gasteiger partial charge on any atom is 0.410 e. The van der Waals surface area contributed by atoms with Crippen LogP contribution in [-0.2, 0) is 9.53 Å².